The lowest BCUT2D eigenvalue weighted by Crippen LogP contribution is -2.12. The second-order valence-corrected chi connectivity index (χ2v) is 9.91. The molecule has 7 nitrogen and oxygen atoms in total. The molecule has 0 saturated heterocycles. The normalized spacial score (nSPS) is 11.2. The number of ether oxygens (including phenoxy) is 1. The molecule has 0 bridgehead atoms. The van der Waals surface area contributed by atoms with Crippen molar-refractivity contribution in [2.75, 3.05) is 10.0 Å². The highest BCUT2D eigenvalue weighted by Crippen LogP contribution is 2.25. The van der Waals surface area contributed by atoms with E-state index in [4.69, 9.17) is 4.74 Å². The Morgan fingerprint density at radius 3 is 2.19 bits per heavy atom. The lowest BCUT2D eigenvalue weighted by Gasteiger charge is -2.09. The van der Waals surface area contributed by atoms with E-state index in [0.717, 1.165) is 40.4 Å². The van der Waals surface area contributed by atoms with Gasteiger partial charge >= 0.3 is 0 Å². The minimum atomic E-state index is -3.81. The Kier molecular flexibility index (Phi) is 6.87. The summed E-state index contributed by atoms with van der Waals surface area (Å²) in [6.07, 6.45) is 0. The maximum atomic E-state index is 13.1. The number of benzene rings is 4. The molecule has 0 fully saturated rings. The Labute approximate surface area is 214 Å². The van der Waals surface area contributed by atoms with Crippen LogP contribution in [0.4, 0.5) is 21.6 Å². The van der Waals surface area contributed by atoms with Crippen LogP contribution >= 0.6 is 0 Å². The molecule has 0 radical (unpaired) electrons. The first-order valence-electron chi connectivity index (χ1n) is 11.4. The molecule has 0 atom stereocenters. The van der Waals surface area contributed by atoms with E-state index in [2.05, 4.69) is 20.2 Å². The van der Waals surface area contributed by atoms with Crippen LogP contribution in [-0.4, -0.2) is 18.6 Å². The molecule has 5 aromatic rings. The number of hydrogen-bond donors (Lipinski definition) is 3. The van der Waals surface area contributed by atoms with E-state index in [1.807, 2.05) is 60.7 Å². The molecule has 0 aliphatic heterocycles. The fourth-order valence-corrected chi connectivity index (χ4v) is 4.66. The fourth-order valence-electron chi connectivity index (χ4n) is 3.60. The quantitative estimate of drug-likeness (QED) is 0.213. The Bertz CT molecular complexity index is 1570. The van der Waals surface area contributed by atoms with Crippen LogP contribution in [0.15, 0.2) is 114 Å². The number of nitrogens with zero attached hydrogens (tertiary/aromatic N) is 1. The Morgan fingerprint density at radius 2 is 1.49 bits per heavy atom. The summed E-state index contributed by atoms with van der Waals surface area (Å²) in [5.41, 5.74) is 4.01. The maximum Gasteiger partial charge on any atom is 0.261 e. The van der Waals surface area contributed by atoms with Crippen LogP contribution in [0.2, 0.25) is 0 Å². The monoisotopic (exact) mass is 514 g/mol. The van der Waals surface area contributed by atoms with E-state index in [1.54, 1.807) is 24.3 Å². The van der Waals surface area contributed by atoms with Crippen LogP contribution < -0.4 is 14.8 Å². The number of rotatable bonds is 9. The third kappa shape index (κ3) is 6.14. The zero-order valence-corrected chi connectivity index (χ0v) is 20.4. The maximum absolute atomic E-state index is 13.1. The Hall–Kier alpha value is -4.63. The molecule has 4 aromatic carbocycles. The summed E-state index contributed by atoms with van der Waals surface area (Å²) in [6, 6.07) is 31.0. The van der Waals surface area contributed by atoms with Crippen LogP contribution in [0.5, 0.6) is 5.75 Å². The number of H-pyrrole nitrogens is 1. The standard InChI is InChI=1S/C28H23FN4O3S/c29-22-8-16-26(17-9-22)37(34,35)33-24-12-10-23(11-13-24)30-28-18-27(31-32-28)21-6-14-25(15-7-21)36-19-20-4-2-1-3-5-20/h1-18,33H,19H2,(H2,30,31,32). The van der Waals surface area contributed by atoms with Gasteiger partial charge in [0, 0.05) is 17.4 Å². The zero-order valence-electron chi connectivity index (χ0n) is 19.6. The molecule has 1 heterocycles. The molecule has 9 heteroatoms. The van der Waals surface area contributed by atoms with Crippen molar-refractivity contribution in [1.29, 1.82) is 0 Å². The third-order valence-electron chi connectivity index (χ3n) is 5.52. The van der Waals surface area contributed by atoms with Gasteiger partial charge in [0.05, 0.1) is 10.6 Å². The van der Waals surface area contributed by atoms with Gasteiger partial charge in [-0.2, -0.15) is 5.10 Å². The van der Waals surface area contributed by atoms with Gasteiger partial charge in [-0.3, -0.25) is 9.82 Å². The summed E-state index contributed by atoms with van der Waals surface area (Å²) in [4.78, 5) is -0.0176. The second-order valence-electron chi connectivity index (χ2n) is 8.23. The predicted molar refractivity (Wildman–Crippen MR) is 142 cm³/mol. The van der Waals surface area contributed by atoms with Crippen molar-refractivity contribution in [3.63, 3.8) is 0 Å². The number of hydrogen-bond acceptors (Lipinski definition) is 5. The molecule has 5 rings (SSSR count). The molecule has 0 amide bonds. The highest BCUT2D eigenvalue weighted by Gasteiger charge is 2.14. The average molecular weight is 515 g/mol. The fraction of sp³-hybridized carbons (Fsp3) is 0.0357. The average Bonchev–Trinajstić information content (AvgIpc) is 3.38. The van der Waals surface area contributed by atoms with Crippen molar-refractivity contribution in [3.8, 4) is 17.0 Å². The zero-order chi connectivity index (χ0) is 25.7. The van der Waals surface area contributed by atoms with Crippen molar-refractivity contribution in [2.45, 2.75) is 11.5 Å². The number of sulfonamides is 1. The van der Waals surface area contributed by atoms with Crippen LogP contribution in [0.3, 0.4) is 0 Å². The van der Waals surface area contributed by atoms with E-state index in [9.17, 15) is 12.8 Å². The number of aromatic nitrogens is 2. The molecule has 0 spiro atoms. The van der Waals surface area contributed by atoms with E-state index < -0.39 is 15.8 Å². The summed E-state index contributed by atoms with van der Waals surface area (Å²) >= 11 is 0. The minimum absolute atomic E-state index is 0.0176. The lowest BCUT2D eigenvalue weighted by atomic mass is 10.1. The highest BCUT2D eigenvalue weighted by atomic mass is 32.2. The highest BCUT2D eigenvalue weighted by molar-refractivity contribution is 7.92. The largest absolute Gasteiger partial charge is 0.489 e. The number of aromatic amines is 1. The molecular formula is C28H23FN4O3S. The topological polar surface area (TPSA) is 96.1 Å². The number of nitrogens with one attached hydrogen (secondary N) is 3. The van der Waals surface area contributed by atoms with Crippen LogP contribution in [0.1, 0.15) is 5.56 Å². The molecule has 0 unspecified atom stereocenters. The van der Waals surface area contributed by atoms with Gasteiger partial charge in [-0.05, 0) is 83.9 Å². The first kappa shape index (κ1) is 24.1. The summed E-state index contributed by atoms with van der Waals surface area (Å²) in [7, 11) is -3.81. The van der Waals surface area contributed by atoms with Crippen LogP contribution in [-0.2, 0) is 16.6 Å². The van der Waals surface area contributed by atoms with Gasteiger partial charge in [-0.25, -0.2) is 12.8 Å². The first-order valence-corrected chi connectivity index (χ1v) is 12.9. The third-order valence-corrected chi connectivity index (χ3v) is 6.92. The van der Waals surface area contributed by atoms with E-state index in [1.165, 1.54) is 12.1 Å². The summed E-state index contributed by atoms with van der Waals surface area (Å²) in [6.45, 7) is 0.505. The SMILES string of the molecule is O=S(=O)(Nc1ccc(Nc2cc(-c3ccc(OCc4ccccc4)cc3)[nH]n2)cc1)c1ccc(F)cc1. The van der Waals surface area contributed by atoms with Gasteiger partial charge in [-0.15, -0.1) is 0 Å². The van der Waals surface area contributed by atoms with Gasteiger partial charge in [-0.1, -0.05) is 30.3 Å². The van der Waals surface area contributed by atoms with Gasteiger partial charge in [0.25, 0.3) is 10.0 Å². The van der Waals surface area contributed by atoms with Crippen molar-refractivity contribution < 1.29 is 17.5 Å². The second kappa shape index (κ2) is 10.5. The van der Waals surface area contributed by atoms with Crippen molar-refractivity contribution >= 4 is 27.2 Å². The minimum Gasteiger partial charge on any atom is -0.489 e. The predicted octanol–water partition coefficient (Wildman–Crippen LogP) is 6.34. The smallest absolute Gasteiger partial charge is 0.261 e. The summed E-state index contributed by atoms with van der Waals surface area (Å²) in [5.74, 6) is 0.889. The molecule has 186 valence electrons. The van der Waals surface area contributed by atoms with Crippen molar-refractivity contribution in [3.05, 3.63) is 121 Å². The van der Waals surface area contributed by atoms with Gasteiger partial charge in [0.2, 0.25) is 0 Å². The molecule has 3 N–H and O–H groups in total. The first-order chi connectivity index (χ1) is 17.9. The van der Waals surface area contributed by atoms with E-state index in [-0.39, 0.29) is 4.90 Å². The van der Waals surface area contributed by atoms with Crippen LogP contribution in [0, 0.1) is 5.82 Å². The molecule has 1 aromatic heterocycles. The summed E-state index contributed by atoms with van der Waals surface area (Å²) < 4.78 is 46.4. The van der Waals surface area contributed by atoms with Crippen LogP contribution in [0.25, 0.3) is 11.3 Å². The van der Waals surface area contributed by atoms with Crippen molar-refractivity contribution in [2.24, 2.45) is 0 Å². The molecule has 37 heavy (non-hydrogen) atoms. The Morgan fingerprint density at radius 1 is 0.811 bits per heavy atom. The Balaban J connectivity index is 1.19. The molecular weight excluding hydrogens is 491 g/mol. The van der Waals surface area contributed by atoms with Gasteiger partial charge in [0.1, 0.15) is 18.2 Å². The van der Waals surface area contributed by atoms with Gasteiger partial charge < -0.3 is 10.1 Å². The molecule has 0 saturated carbocycles. The van der Waals surface area contributed by atoms with Gasteiger partial charge in [0.15, 0.2) is 5.82 Å². The molecule has 0 aliphatic rings. The van der Waals surface area contributed by atoms with E-state index in [0.29, 0.717) is 18.1 Å². The van der Waals surface area contributed by atoms with E-state index >= 15 is 0 Å². The number of halogens is 1. The lowest BCUT2D eigenvalue weighted by molar-refractivity contribution is 0.306. The van der Waals surface area contributed by atoms with Crippen molar-refractivity contribution in [1.82, 2.24) is 10.2 Å². The molecule has 0 aliphatic carbocycles. The summed E-state index contributed by atoms with van der Waals surface area (Å²) in [5, 5.41) is 10.5. The number of anilines is 3.